The van der Waals surface area contributed by atoms with Crippen molar-refractivity contribution in [2.75, 3.05) is 12.8 Å². The van der Waals surface area contributed by atoms with Crippen molar-refractivity contribution < 1.29 is 0 Å². The van der Waals surface area contributed by atoms with Crippen molar-refractivity contribution in [2.24, 2.45) is 0 Å². The van der Waals surface area contributed by atoms with Crippen molar-refractivity contribution in [3.05, 3.63) is 0 Å². The minimum absolute atomic E-state index is 0.583. The van der Waals surface area contributed by atoms with Gasteiger partial charge in [-0.2, -0.15) is 11.8 Å². The molecule has 0 spiro atoms. The molecule has 1 N–H and O–H groups in total. The van der Waals surface area contributed by atoms with Crippen LogP contribution in [-0.2, 0) is 0 Å². The van der Waals surface area contributed by atoms with Crippen LogP contribution in [0.2, 0.25) is 0 Å². The molecule has 0 radical (unpaired) electrons. The zero-order valence-corrected chi connectivity index (χ0v) is 10.1. The van der Waals surface area contributed by atoms with Crippen LogP contribution in [0.5, 0.6) is 0 Å². The van der Waals surface area contributed by atoms with Crippen LogP contribution in [0.1, 0.15) is 32.6 Å². The molecule has 0 aromatic carbocycles. The lowest BCUT2D eigenvalue weighted by Crippen LogP contribution is -2.53. The van der Waals surface area contributed by atoms with Crippen LogP contribution < -0.4 is 5.32 Å². The van der Waals surface area contributed by atoms with Gasteiger partial charge in [-0.15, -0.1) is 11.8 Å². The van der Waals surface area contributed by atoms with E-state index in [0.29, 0.717) is 4.75 Å². The second kappa shape index (κ2) is 4.03. The smallest absolute Gasteiger partial charge is 0.0683 e. The summed E-state index contributed by atoms with van der Waals surface area (Å²) >= 11 is 4.25. The van der Waals surface area contributed by atoms with Crippen LogP contribution in [0, 0.1) is 0 Å². The van der Waals surface area contributed by atoms with Crippen molar-refractivity contribution in [3.8, 4) is 0 Å². The molecule has 1 heterocycles. The van der Waals surface area contributed by atoms with E-state index in [1.807, 2.05) is 0 Å². The number of thioether (sulfide) groups is 2. The molecule has 2 unspecified atom stereocenters. The quantitative estimate of drug-likeness (QED) is 0.764. The van der Waals surface area contributed by atoms with Gasteiger partial charge in [-0.05, 0) is 32.1 Å². The molecule has 0 amide bonds. The minimum Gasteiger partial charge on any atom is -0.304 e. The molecule has 0 bridgehead atoms. The maximum absolute atomic E-state index is 3.69. The molecule has 2 aliphatic rings. The first-order valence-electron chi connectivity index (χ1n) is 5.21. The lowest BCUT2D eigenvalue weighted by atomic mass is 9.83. The van der Waals surface area contributed by atoms with Gasteiger partial charge in [0, 0.05) is 10.00 Å². The molecule has 3 heteroatoms. The van der Waals surface area contributed by atoms with Crippen LogP contribution in [0.3, 0.4) is 0 Å². The molecule has 2 atom stereocenters. The Morgan fingerprint density at radius 1 is 1.46 bits per heavy atom. The van der Waals surface area contributed by atoms with Crippen LogP contribution in [-0.4, -0.2) is 28.2 Å². The molecule has 1 aliphatic carbocycles. The molecular weight excluding hydrogens is 198 g/mol. The third-order valence-corrected chi connectivity index (χ3v) is 6.53. The molecule has 76 valence electrons. The molecule has 13 heavy (non-hydrogen) atoms. The first-order chi connectivity index (χ1) is 6.27. The molecule has 2 rings (SSSR count). The van der Waals surface area contributed by atoms with E-state index < -0.39 is 0 Å². The number of hydrogen-bond acceptors (Lipinski definition) is 3. The lowest BCUT2D eigenvalue weighted by Gasteiger charge is -2.48. The summed E-state index contributed by atoms with van der Waals surface area (Å²) in [7, 11) is 0. The van der Waals surface area contributed by atoms with Crippen molar-refractivity contribution in [1.82, 2.24) is 5.32 Å². The molecule has 0 aromatic rings. The fourth-order valence-electron chi connectivity index (χ4n) is 2.17. The Bertz CT molecular complexity index is 174. The van der Waals surface area contributed by atoms with Crippen molar-refractivity contribution >= 4 is 23.5 Å². The molecule has 1 nitrogen and oxygen atoms in total. The third-order valence-electron chi connectivity index (χ3n) is 3.33. The van der Waals surface area contributed by atoms with E-state index in [-0.39, 0.29) is 0 Å². The fraction of sp³-hybridized carbons (Fsp3) is 1.00. The summed E-state index contributed by atoms with van der Waals surface area (Å²) in [6.45, 7) is 3.59. The van der Waals surface area contributed by atoms with E-state index in [1.165, 1.54) is 32.2 Å². The molecule has 1 saturated carbocycles. The van der Waals surface area contributed by atoms with E-state index in [2.05, 4.69) is 42.0 Å². The van der Waals surface area contributed by atoms with Gasteiger partial charge in [-0.25, -0.2) is 0 Å². The van der Waals surface area contributed by atoms with E-state index >= 15 is 0 Å². The summed E-state index contributed by atoms with van der Waals surface area (Å²) < 4.78 is 0.583. The first kappa shape index (κ1) is 10.2. The summed E-state index contributed by atoms with van der Waals surface area (Å²) in [5.74, 6) is 0. The topological polar surface area (TPSA) is 12.0 Å². The Hall–Kier alpha value is 0.660. The van der Waals surface area contributed by atoms with E-state index in [1.54, 1.807) is 0 Å². The second-order valence-corrected chi connectivity index (χ2v) is 6.96. The Balaban J connectivity index is 1.97. The largest absolute Gasteiger partial charge is 0.304 e. The zero-order chi connectivity index (χ0) is 9.31. The zero-order valence-electron chi connectivity index (χ0n) is 8.51. The van der Waals surface area contributed by atoms with E-state index in [4.69, 9.17) is 0 Å². The normalized spacial score (nSPS) is 38.3. The van der Waals surface area contributed by atoms with Gasteiger partial charge in [0.1, 0.15) is 0 Å². The summed E-state index contributed by atoms with van der Waals surface area (Å²) in [5.41, 5.74) is 0. The van der Waals surface area contributed by atoms with Crippen molar-refractivity contribution in [3.63, 3.8) is 0 Å². The van der Waals surface area contributed by atoms with E-state index in [0.717, 1.165) is 10.6 Å². The van der Waals surface area contributed by atoms with Crippen LogP contribution in [0.4, 0.5) is 0 Å². The monoisotopic (exact) mass is 217 g/mol. The molecule has 1 saturated heterocycles. The maximum atomic E-state index is 3.69. The average Bonchev–Trinajstić information content (AvgIpc) is 2.03. The van der Waals surface area contributed by atoms with Gasteiger partial charge in [-0.3, -0.25) is 0 Å². The van der Waals surface area contributed by atoms with Crippen LogP contribution in [0.15, 0.2) is 0 Å². The standard InChI is InChI=1S/C10H19NS2/c1-8-4-7-11-9(13-8)10(12-2)5-3-6-10/h8-9,11H,3-7H2,1-2H3. The molecule has 1 aliphatic heterocycles. The van der Waals surface area contributed by atoms with Gasteiger partial charge in [0.15, 0.2) is 0 Å². The van der Waals surface area contributed by atoms with E-state index in [9.17, 15) is 0 Å². The molecule has 2 fully saturated rings. The summed E-state index contributed by atoms with van der Waals surface area (Å²) in [4.78, 5) is 0. The Morgan fingerprint density at radius 3 is 2.69 bits per heavy atom. The van der Waals surface area contributed by atoms with Crippen molar-refractivity contribution in [1.29, 1.82) is 0 Å². The summed E-state index contributed by atoms with van der Waals surface area (Å²) in [6.07, 6.45) is 7.90. The molecule has 0 aromatic heterocycles. The second-order valence-electron chi connectivity index (χ2n) is 4.19. The van der Waals surface area contributed by atoms with Gasteiger partial charge in [0.05, 0.1) is 5.37 Å². The summed E-state index contributed by atoms with van der Waals surface area (Å²) in [6, 6.07) is 0. The highest BCUT2D eigenvalue weighted by atomic mass is 32.2. The van der Waals surface area contributed by atoms with Gasteiger partial charge >= 0.3 is 0 Å². The average molecular weight is 217 g/mol. The van der Waals surface area contributed by atoms with Gasteiger partial charge in [-0.1, -0.05) is 13.3 Å². The highest BCUT2D eigenvalue weighted by Gasteiger charge is 2.45. The highest BCUT2D eigenvalue weighted by Crippen LogP contribution is 2.50. The SMILES string of the molecule is CSC1(C2NCCC(C)S2)CCC1. The maximum Gasteiger partial charge on any atom is 0.0683 e. The van der Waals surface area contributed by atoms with Crippen molar-refractivity contribution in [2.45, 2.75) is 48.0 Å². The predicted molar refractivity (Wildman–Crippen MR) is 63.6 cm³/mol. The highest BCUT2D eigenvalue weighted by molar-refractivity contribution is 8.04. The minimum atomic E-state index is 0.583. The Labute approximate surface area is 89.8 Å². The lowest BCUT2D eigenvalue weighted by molar-refractivity contribution is 0.321. The Morgan fingerprint density at radius 2 is 2.23 bits per heavy atom. The predicted octanol–water partition coefficient (Wildman–Crippen LogP) is 2.71. The Kier molecular flexibility index (Phi) is 3.16. The van der Waals surface area contributed by atoms with Gasteiger partial charge in [0.2, 0.25) is 0 Å². The number of nitrogens with one attached hydrogen (secondary N) is 1. The summed E-state index contributed by atoms with van der Waals surface area (Å²) in [5, 5.41) is 5.26. The van der Waals surface area contributed by atoms with Gasteiger partial charge in [0.25, 0.3) is 0 Å². The number of hydrogen-bond donors (Lipinski definition) is 1. The molecular formula is C10H19NS2. The number of rotatable bonds is 2. The first-order valence-corrected chi connectivity index (χ1v) is 7.37. The van der Waals surface area contributed by atoms with Crippen LogP contribution in [0.25, 0.3) is 0 Å². The third kappa shape index (κ3) is 1.88. The van der Waals surface area contributed by atoms with Crippen LogP contribution >= 0.6 is 23.5 Å². The fourth-order valence-corrected chi connectivity index (χ4v) is 5.04. The van der Waals surface area contributed by atoms with Gasteiger partial charge < -0.3 is 5.32 Å².